The lowest BCUT2D eigenvalue weighted by Crippen LogP contribution is -2.45. The van der Waals surface area contributed by atoms with Gasteiger partial charge in [0.25, 0.3) is 0 Å². The number of nitrogens with one attached hydrogen (secondary N) is 1. The first-order valence-corrected chi connectivity index (χ1v) is 21.0. The SMILES string of the molecule is CCCCC/C=C\C/C=C\CCCCCCCC(=O)NC(CO)C(O)CCCCCCCCCCCCCCCCCCCCCC. The Hall–Kier alpha value is -1.13. The molecule has 0 rings (SSSR count). The lowest BCUT2D eigenvalue weighted by atomic mass is 10.0. The zero-order valence-electron chi connectivity index (χ0n) is 31.8. The first-order valence-electron chi connectivity index (χ1n) is 21.0. The minimum Gasteiger partial charge on any atom is -0.394 e. The number of hydrogen-bond donors (Lipinski definition) is 3. The van der Waals surface area contributed by atoms with Crippen LogP contribution in [0.15, 0.2) is 24.3 Å². The Morgan fingerprint density at radius 1 is 0.511 bits per heavy atom. The van der Waals surface area contributed by atoms with Crippen molar-refractivity contribution in [2.45, 2.75) is 238 Å². The van der Waals surface area contributed by atoms with Crippen molar-refractivity contribution in [1.29, 1.82) is 0 Å². The summed E-state index contributed by atoms with van der Waals surface area (Å²) in [5.74, 6) is -0.0442. The van der Waals surface area contributed by atoms with E-state index in [-0.39, 0.29) is 12.5 Å². The van der Waals surface area contributed by atoms with Crippen molar-refractivity contribution < 1.29 is 15.0 Å². The second-order valence-electron chi connectivity index (χ2n) is 14.4. The Kier molecular flexibility index (Phi) is 38.4. The van der Waals surface area contributed by atoms with Crippen LogP contribution < -0.4 is 5.32 Å². The van der Waals surface area contributed by atoms with Gasteiger partial charge in [0.05, 0.1) is 18.8 Å². The minimum atomic E-state index is -0.663. The Morgan fingerprint density at radius 2 is 0.872 bits per heavy atom. The summed E-state index contributed by atoms with van der Waals surface area (Å²) in [5.41, 5.74) is 0. The highest BCUT2D eigenvalue weighted by Crippen LogP contribution is 2.16. The van der Waals surface area contributed by atoms with Crippen LogP contribution in [-0.4, -0.2) is 34.9 Å². The van der Waals surface area contributed by atoms with E-state index in [2.05, 4.69) is 43.5 Å². The van der Waals surface area contributed by atoms with Crippen LogP contribution >= 0.6 is 0 Å². The molecule has 0 aromatic rings. The van der Waals surface area contributed by atoms with E-state index in [1.54, 1.807) is 0 Å². The third-order valence-corrected chi connectivity index (χ3v) is 9.72. The number of amides is 1. The maximum Gasteiger partial charge on any atom is 0.220 e. The molecule has 0 radical (unpaired) electrons. The van der Waals surface area contributed by atoms with Gasteiger partial charge in [-0.05, 0) is 44.9 Å². The molecule has 2 unspecified atom stereocenters. The second kappa shape index (κ2) is 39.3. The van der Waals surface area contributed by atoms with Gasteiger partial charge in [-0.15, -0.1) is 0 Å². The number of hydrogen-bond acceptors (Lipinski definition) is 3. The van der Waals surface area contributed by atoms with Gasteiger partial charge in [0.15, 0.2) is 0 Å². The predicted octanol–water partition coefficient (Wildman–Crippen LogP) is 12.8. The van der Waals surface area contributed by atoms with Crippen LogP contribution in [0.3, 0.4) is 0 Å². The number of aliphatic hydroxyl groups excluding tert-OH is 2. The van der Waals surface area contributed by atoms with E-state index >= 15 is 0 Å². The van der Waals surface area contributed by atoms with E-state index in [9.17, 15) is 15.0 Å². The summed E-state index contributed by atoms with van der Waals surface area (Å²) in [6.07, 6.45) is 49.6. The zero-order valence-corrected chi connectivity index (χ0v) is 31.8. The van der Waals surface area contributed by atoms with Crippen molar-refractivity contribution in [3.8, 4) is 0 Å². The van der Waals surface area contributed by atoms with Gasteiger partial charge in [-0.25, -0.2) is 0 Å². The van der Waals surface area contributed by atoms with Crippen molar-refractivity contribution in [3.05, 3.63) is 24.3 Å². The van der Waals surface area contributed by atoms with Crippen molar-refractivity contribution in [3.63, 3.8) is 0 Å². The molecule has 2 atom stereocenters. The Labute approximate surface area is 294 Å². The third kappa shape index (κ3) is 36.0. The van der Waals surface area contributed by atoms with Crippen molar-refractivity contribution in [1.82, 2.24) is 5.32 Å². The highest BCUT2D eigenvalue weighted by Gasteiger charge is 2.19. The molecule has 0 aromatic carbocycles. The summed E-state index contributed by atoms with van der Waals surface area (Å²) in [6.45, 7) is 4.33. The van der Waals surface area contributed by atoms with E-state index in [0.29, 0.717) is 12.8 Å². The molecular formula is C43H83NO3. The maximum atomic E-state index is 12.4. The number of rotatable bonds is 38. The van der Waals surface area contributed by atoms with E-state index in [1.807, 2.05) is 0 Å². The van der Waals surface area contributed by atoms with Crippen LogP contribution in [0.5, 0.6) is 0 Å². The minimum absolute atomic E-state index is 0.0442. The van der Waals surface area contributed by atoms with Gasteiger partial charge in [-0.3, -0.25) is 4.79 Å². The molecule has 0 fully saturated rings. The molecule has 4 nitrogen and oxygen atoms in total. The fourth-order valence-corrected chi connectivity index (χ4v) is 6.45. The van der Waals surface area contributed by atoms with Gasteiger partial charge in [-0.2, -0.15) is 0 Å². The van der Waals surface area contributed by atoms with Gasteiger partial charge >= 0.3 is 0 Å². The van der Waals surface area contributed by atoms with Crippen molar-refractivity contribution in [2.24, 2.45) is 0 Å². The molecule has 0 bridgehead atoms. The number of aliphatic hydroxyl groups is 2. The molecule has 47 heavy (non-hydrogen) atoms. The molecule has 0 aliphatic heterocycles. The molecule has 0 saturated carbocycles. The van der Waals surface area contributed by atoms with E-state index in [4.69, 9.17) is 0 Å². The number of carbonyl (C=O) groups is 1. The molecule has 0 saturated heterocycles. The van der Waals surface area contributed by atoms with Crippen LogP contribution in [0, 0.1) is 0 Å². The quantitative estimate of drug-likeness (QED) is 0.0455. The van der Waals surface area contributed by atoms with Crippen LogP contribution in [0.25, 0.3) is 0 Å². The van der Waals surface area contributed by atoms with Crippen LogP contribution in [0.2, 0.25) is 0 Å². The monoisotopic (exact) mass is 662 g/mol. The first kappa shape index (κ1) is 45.9. The molecule has 0 heterocycles. The summed E-state index contributed by atoms with van der Waals surface area (Å²) in [5, 5.41) is 23.1. The van der Waals surface area contributed by atoms with Gasteiger partial charge in [-0.1, -0.05) is 199 Å². The van der Waals surface area contributed by atoms with E-state index in [1.165, 1.54) is 154 Å². The fraction of sp³-hybridized carbons (Fsp3) is 0.884. The molecular weight excluding hydrogens is 578 g/mol. The molecule has 0 spiro atoms. The summed E-state index contributed by atoms with van der Waals surface area (Å²) >= 11 is 0. The molecule has 278 valence electrons. The highest BCUT2D eigenvalue weighted by molar-refractivity contribution is 5.76. The Balaban J connectivity index is 3.53. The topological polar surface area (TPSA) is 69.6 Å². The molecule has 0 aliphatic carbocycles. The van der Waals surface area contributed by atoms with Gasteiger partial charge < -0.3 is 15.5 Å². The number of carbonyl (C=O) groups excluding carboxylic acids is 1. The van der Waals surface area contributed by atoms with E-state index in [0.717, 1.165) is 44.9 Å². The predicted molar refractivity (Wildman–Crippen MR) is 207 cm³/mol. The largest absolute Gasteiger partial charge is 0.394 e. The normalized spacial score (nSPS) is 13.2. The fourth-order valence-electron chi connectivity index (χ4n) is 6.45. The third-order valence-electron chi connectivity index (χ3n) is 9.72. The molecule has 0 aliphatic rings. The van der Waals surface area contributed by atoms with Crippen LogP contribution in [0.1, 0.15) is 226 Å². The summed E-state index contributed by atoms with van der Waals surface area (Å²) in [4.78, 5) is 12.4. The van der Waals surface area contributed by atoms with Crippen LogP contribution in [0.4, 0.5) is 0 Å². The van der Waals surface area contributed by atoms with Gasteiger partial charge in [0, 0.05) is 6.42 Å². The summed E-state index contributed by atoms with van der Waals surface area (Å²) in [6, 6.07) is -0.541. The lowest BCUT2D eigenvalue weighted by Gasteiger charge is -2.22. The Morgan fingerprint density at radius 3 is 1.32 bits per heavy atom. The average Bonchev–Trinajstić information content (AvgIpc) is 3.07. The maximum absolute atomic E-state index is 12.4. The Bertz CT molecular complexity index is 676. The number of unbranched alkanes of at least 4 members (excludes halogenated alkanes) is 27. The van der Waals surface area contributed by atoms with Crippen molar-refractivity contribution in [2.75, 3.05) is 6.61 Å². The van der Waals surface area contributed by atoms with E-state index < -0.39 is 12.1 Å². The highest BCUT2D eigenvalue weighted by atomic mass is 16.3. The smallest absolute Gasteiger partial charge is 0.220 e. The average molecular weight is 662 g/mol. The summed E-state index contributed by atoms with van der Waals surface area (Å²) < 4.78 is 0. The number of allylic oxidation sites excluding steroid dienone is 4. The van der Waals surface area contributed by atoms with Gasteiger partial charge in [0.2, 0.25) is 5.91 Å². The lowest BCUT2D eigenvalue weighted by molar-refractivity contribution is -0.123. The first-order chi connectivity index (χ1) is 23.2. The zero-order chi connectivity index (χ0) is 34.3. The standard InChI is InChI=1S/C43H83NO3/c1-3-5-7-9-11-13-15-17-19-20-21-22-23-25-26-28-30-32-34-36-38-42(46)41(40-45)44-43(47)39-37-35-33-31-29-27-24-18-16-14-12-10-8-6-4-2/h12,14,18,24,41-42,45-46H,3-11,13,15-17,19-23,25-40H2,1-2H3,(H,44,47)/b14-12-,24-18-. The summed E-state index contributed by atoms with van der Waals surface area (Å²) in [7, 11) is 0. The second-order valence-corrected chi connectivity index (χ2v) is 14.4. The molecule has 3 N–H and O–H groups in total. The van der Waals surface area contributed by atoms with Crippen molar-refractivity contribution >= 4 is 5.91 Å². The molecule has 0 aromatic heterocycles. The van der Waals surface area contributed by atoms with Gasteiger partial charge in [0.1, 0.15) is 0 Å². The molecule has 1 amide bonds. The van der Waals surface area contributed by atoms with Crippen LogP contribution in [-0.2, 0) is 4.79 Å². The molecule has 4 heteroatoms.